The van der Waals surface area contributed by atoms with Gasteiger partial charge < -0.3 is 9.74 Å². The van der Waals surface area contributed by atoms with Crippen molar-refractivity contribution in [2.75, 3.05) is 13.6 Å². The summed E-state index contributed by atoms with van der Waals surface area (Å²) in [5.41, 5.74) is 2.60. The highest BCUT2D eigenvalue weighted by Gasteiger charge is 2.23. The highest BCUT2D eigenvalue weighted by atomic mass is 35.5. The maximum absolute atomic E-state index is 12.2. The lowest BCUT2D eigenvalue weighted by atomic mass is 10.00. The van der Waals surface area contributed by atoms with Crippen molar-refractivity contribution >= 4 is 40.3 Å². The van der Waals surface area contributed by atoms with Gasteiger partial charge in [0.05, 0.1) is 21.5 Å². The van der Waals surface area contributed by atoms with Crippen LogP contribution in [-0.2, 0) is 4.84 Å². The number of benzene rings is 1. The van der Waals surface area contributed by atoms with E-state index in [-0.39, 0.29) is 11.9 Å². The normalized spacial score (nSPS) is 15.5. The van der Waals surface area contributed by atoms with Gasteiger partial charge in [-0.25, -0.2) is 0 Å². The summed E-state index contributed by atoms with van der Waals surface area (Å²) in [5.74, 6) is 2.98. The fraction of sp³-hybridized carbons (Fsp3) is 0.286. The first-order chi connectivity index (χ1) is 13.5. The third kappa shape index (κ3) is 4.80. The lowest BCUT2D eigenvalue weighted by Crippen LogP contribution is -2.26. The number of halogens is 1. The number of hydrogen-bond acceptors (Lipinski definition) is 5. The van der Waals surface area contributed by atoms with Gasteiger partial charge in [0, 0.05) is 25.5 Å². The summed E-state index contributed by atoms with van der Waals surface area (Å²) in [4.78, 5) is 20.1. The van der Waals surface area contributed by atoms with Crippen LogP contribution in [0.4, 0.5) is 0 Å². The molecular weight excluding hydrogens is 394 g/mol. The Labute approximate surface area is 173 Å². The Morgan fingerprint density at radius 3 is 2.79 bits per heavy atom. The second kappa shape index (κ2) is 9.05. The van der Waals surface area contributed by atoms with Crippen LogP contribution in [0.15, 0.2) is 41.6 Å². The minimum atomic E-state index is -0.103. The third-order valence-electron chi connectivity index (χ3n) is 4.48. The highest BCUT2D eigenvalue weighted by molar-refractivity contribution is 7.18. The van der Waals surface area contributed by atoms with Gasteiger partial charge in [0.2, 0.25) is 0 Å². The van der Waals surface area contributed by atoms with Gasteiger partial charge in [-0.2, -0.15) is 0 Å². The van der Waals surface area contributed by atoms with Crippen molar-refractivity contribution in [3.63, 3.8) is 0 Å². The van der Waals surface area contributed by atoms with Crippen molar-refractivity contribution in [3.8, 4) is 12.3 Å². The standard InChI is InChI=1S/C21H20ClN3O2S/c1-3-12-25(2)21(23)15-6-4-14(5-7-15)17-13-16(27-24-17)8-9-18(26)19-10-11-20(22)28-19/h1,4-7,10-11,16,23H,8-9,12-13H2,2H3. The van der Waals surface area contributed by atoms with Gasteiger partial charge in [-0.1, -0.05) is 46.9 Å². The molecule has 5 nitrogen and oxygen atoms in total. The molecule has 3 rings (SSSR count). The molecule has 0 saturated heterocycles. The summed E-state index contributed by atoms with van der Waals surface area (Å²) in [6.07, 6.45) is 6.87. The monoisotopic (exact) mass is 413 g/mol. The van der Waals surface area contributed by atoms with E-state index < -0.39 is 0 Å². The molecule has 144 valence electrons. The molecule has 0 amide bonds. The zero-order chi connectivity index (χ0) is 20.1. The number of ketones is 1. The molecule has 0 fully saturated rings. The number of amidine groups is 1. The van der Waals surface area contributed by atoms with Crippen molar-refractivity contribution in [1.29, 1.82) is 5.41 Å². The second-order valence-corrected chi connectivity index (χ2v) is 8.24. The average molecular weight is 414 g/mol. The minimum Gasteiger partial charge on any atom is -0.392 e. The summed E-state index contributed by atoms with van der Waals surface area (Å²) in [6.45, 7) is 0.388. The molecule has 7 heteroatoms. The Balaban J connectivity index is 1.53. The molecule has 1 unspecified atom stereocenters. The maximum Gasteiger partial charge on any atom is 0.172 e. The van der Waals surface area contributed by atoms with E-state index >= 15 is 0 Å². The number of nitrogens with one attached hydrogen (secondary N) is 1. The third-order valence-corrected chi connectivity index (χ3v) is 5.75. The number of carbonyl (C=O) groups is 1. The molecule has 28 heavy (non-hydrogen) atoms. The number of nitrogens with zero attached hydrogens (tertiary/aromatic N) is 2. The van der Waals surface area contributed by atoms with Gasteiger partial charge in [-0.05, 0) is 24.1 Å². The van der Waals surface area contributed by atoms with Crippen LogP contribution in [0.25, 0.3) is 0 Å². The molecule has 0 aliphatic carbocycles. The fourth-order valence-electron chi connectivity index (χ4n) is 2.89. The number of carbonyl (C=O) groups excluding carboxylic acids is 1. The van der Waals surface area contributed by atoms with Gasteiger partial charge in [0.1, 0.15) is 11.9 Å². The van der Waals surface area contributed by atoms with Crippen molar-refractivity contribution in [2.24, 2.45) is 5.16 Å². The quantitative estimate of drug-likeness (QED) is 0.315. The van der Waals surface area contributed by atoms with Crippen LogP contribution in [0.2, 0.25) is 4.34 Å². The van der Waals surface area contributed by atoms with Gasteiger partial charge in [0.25, 0.3) is 0 Å². The Morgan fingerprint density at radius 2 is 2.14 bits per heavy atom. The molecule has 0 saturated carbocycles. The number of oxime groups is 1. The molecule has 1 atom stereocenters. The predicted octanol–water partition coefficient (Wildman–Crippen LogP) is 4.45. The minimum absolute atomic E-state index is 0.0768. The topological polar surface area (TPSA) is 65.8 Å². The van der Waals surface area contributed by atoms with E-state index in [1.807, 2.05) is 24.3 Å². The first-order valence-corrected chi connectivity index (χ1v) is 10.0. The van der Waals surface area contributed by atoms with E-state index in [2.05, 4.69) is 11.1 Å². The molecule has 0 spiro atoms. The predicted molar refractivity (Wildman–Crippen MR) is 114 cm³/mol. The smallest absolute Gasteiger partial charge is 0.172 e. The van der Waals surface area contributed by atoms with E-state index in [4.69, 9.17) is 28.3 Å². The summed E-state index contributed by atoms with van der Waals surface area (Å²) < 4.78 is 0.619. The summed E-state index contributed by atoms with van der Waals surface area (Å²) >= 11 is 7.18. The van der Waals surface area contributed by atoms with Crippen LogP contribution in [0.3, 0.4) is 0 Å². The lowest BCUT2D eigenvalue weighted by molar-refractivity contribution is 0.0720. The first kappa shape index (κ1) is 20.1. The molecule has 1 aliphatic rings. The fourth-order valence-corrected chi connectivity index (χ4v) is 3.90. The Kier molecular flexibility index (Phi) is 6.50. The molecular formula is C21H20ClN3O2S. The number of terminal acetylenes is 1. The molecule has 2 aromatic rings. The molecule has 0 bridgehead atoms. The van der Waals surface area contributed by atoms with E-state index in [9.17, 15) is 4.79 Å². The van der Waals surface area contributed by atoms with Crippen LogP contribution in [0.1, 0.15) is 40.1 Å². The largest absolute Gasteiger partial charge is 0.392 e. The van der Waals surface area contributed by atoms with E-state index in [0.29, 0.717) is 40.9 Å². The van der Waals surface area contributed by atoms with Crippen molar-refractivity contribution < 1.29 is 9.63 Å². The highest BCUT2D eigenvalue weighted by Crippen LogP contribution is 2.25. The Morgan fingerprint density at radius 1 is 1.39 bits per heavy atom. The Bertz CT molecular complexity index is 943. The van der Waals surface area contributed by atoms with Gasteiger partial charge >= 0.3 is 0 Å². The van der Waals surface area contributed by atoms with Gasteiger partial charge in [-0.15, -0.1) is 17.8 Å². The summed E-state index contributed by atoms with van der Waals surface area (Å²) in [5, 5.41) is 12.3. The maximum atomic E-state index is 12.2. The lowest BCUT2D eigenvalue weighted by Gasteiger charge is -2.17. The number of hydrogen-bond donors (Lipinski definition) is 1. The zero-order valence-corrected chi connectivity index (χ0v) is 17.0. The number of thiophene rings is 1. The van der Waals surface area contributed by atoms with Crippen LogP contribution in [0, 0.1) is 17.8 Å². The van der Waals surface area contributed by atoms with E-state index in [0.717, 1.165) is 16.8 Å². The average Bonchev–Trinajstić information content (AvgIpc) is 3.35. The Hall–Kier alpha value is -2.62. The van der Waals surface area contributed by atoms with E-state index in [1.165, 1.54) is 11.3 Å². The van der Waals surface area contributed by atoms with Crippen molar-refractivity contribution in [2.45, 2.75) is 25.4 Å². The van der Waals surface area contributed by atoms with Gasteiger partial charge in [0.15, 0.2) is 5.78 Å². The van der Waals surface area contributed by atoms with Crippen molar-refractivity contribution in [3.05, 3.63) is 56.7 Å². The number of rotatable bonds is 7. The number of Topliss-reactive ketones (excluding diaryl/α,β-unsaturated/α-hetero) is 1. The molecule has 1 aromatic heterocycles. The van der Waals surface area contributed by atoms with Gasteiger partial charge in [-0.3, -0.25) is 10.2 Å². The molecule has 0 radical (unpaired) electrons. The molecule has 1 aliphatic heterocycles. The van der Waals surface area contributed by atoms with Crippen LogP contribution in [-0.4, -0.2) is 41.9 Å². The van der Waals surface area contributed by atoms with Crippen molar-refractivity contribution in [1.82, 2.24) is 4.90 Å². The SMILES string of the molecule is C#CCN(C)C(=N)c1ccc(C2=NOC(CCC(=O)c3ccc(Cl)s3)C2)cc1. The zero-order valence-electron chi connectivity index (χ0n) is 15.4. The van der Waals surface area contributed by atoms with Crippen LogP contribution < -0.4 is 0 Å². The summed E-state index contributed by atoms with van der Waals surface area (Å²) in [6, 6.07) is 11.1. The molecule has 2 heterocycles. The van der Waals surface area contributed by atoms with E-state index in [1.54, 1.807) is 24.1 Å². The molecule has 1 aromatic carbocycles. The van der Waals surface area contributed by atoms with Crippen LogP contribution >= 0.6 is 22.9 Å². The summed E-state index contributed by atoms with van der Waals surface area (Å²) in [7, 11) is 1.79. The first-order valence-electron chi connectivity index (χ1n) is 8.83. The van der Waals surface area contributed by atoms with Crippen LogP contribution in [0.5, 0.6) is 0 Å². The molecule has 1 N–H and O–H groups in total. The second-order valence-electron chi connectivity index (χ2n) is 6.52.